The first-order valence-electron chi connectivity index (χ1n) is 11.1. The summed E-state index contributed by atoms with van der Waals surface area (Å²) in [6, 6.07) is 0. The third-order valence-electron chi connectivity index (χ3n) is 4.55. The Bertz CT molecular complexity index is 384. The van der Waals surface area contributed by atoms with Crippen molar-refractivity contribution in [2.45, 2.75) is 96.8 Å². The molecule has 0 aliphatic carbocycles. The summed E-state index contributed by atoms with van der Waals surface area (Å²) in [5.41, 5.74) is 0. The zero-order valence-electron chi connectivity index (χ0n) is 18.9. The van der Waals surface area contributed by atoms with Crippen LogP contribution in [0.5, 0.6) is 0 Å². The van der Waals surface area contributed by atoms with Gasteiger partial charge in [-0.15, -0.1) is 0 Å². The Kier molecular flexibility index (Phi) is 21.0. The second kappa shape index (κ2) is 20.4. The summed E-state index contributed by atoms with van der Waals surface area (Å²) in [5.74, 6) is -2.51. The minimum absolute atomic E-state index is 0.558. The number of nitrogens with zero attached hydrogens (tertiary/aromatic N) is 1. The van der Waals surface area contributed by atoms with E-state index in [2.05, 4.69) is 28.1 Å². The first-order chi connectivity index (χ1) is 13.2. The van der Waals surface area contributed by atoms with Crippen molar-refractivity contribution in [3.05, 3.63) is 12.2 Å². The Labute approximate surface area is 173 Å². The molecule has 0 rings (SSSR count). The minimum Gasteiger partial charge on any atom is -0.478 e. The van der Waals surface area contributed by atoms with E-state index in [1.165, 1.54) is 96.4 Å². The summed E-state index contributed by atoms with van der Waals surface area (Å²) in [6.45, 7) is 3.63. The van der Waals surface area contributed by atoms with E-state index in [1.807, 2.05) is 0 Å². The molecule has 0 amide bonds. The van der Waals surface area contributed by atoms with Crippen LogP contribution in [0.1, 0.15) is 96.8 Å². The van der Waals surface area contributed by atoms with E-state index in [1.54, 1.807) is 0 Å². The molecule has 0 saturated heterocycles. The van der Waals surface area contributed by atoms with Gasteiger partial charge in [0.15, 0.2) is 0 Å². The predicted octanol–water partition coefficient (Wildman–Crippen LogP) is 5.89. The molecule has 0 aliphatic rings. The molecule has 0 bridgehead atoms. The second-order valence-electron chi connectivity index (χ2n) is 8.62. The summed E-state index contributed by atoms with van der Waals surface area (Å²) in [5, 5.41) is 15.6. The highest BCUT2D eigenvalue weighted by atomic mass is 16.4. The van der Waals surface area contributed by atoms with Crippen LogP contribution >= 0.6 is 0 Å². The lowest BCUT2D eigenvalue weighted by molar-refractivity contribution is -0.870. The molecule has 0 aromatic heterocycles. The predicted molar refractivity (Wildman–Crippen MR) is 118 cm³/mol. The first-order valence-corrected chi connectivity index (χ1v) is 11.1. The number of quaternary nitrogens is 1. The highest BCUT2D eigenvalue weighted by Crippen LogP contribution is 2.13. The van der Waals surface area contributed by atoms with E-state index in [4.69, 9.17) is 10.2 Å². The molecule has 0 spiro atoms. The highest BCUT2D eigenvalue weighted by Gasteiger charge is 2.04. The van der Waals surface area contributed by atoms with Crippen LogP contribution in [-0.4, -0.2) is 54.3 Å². The molecule has 166 valence electrons. The summed E-state index contributed by atoms with van der Waals surface area (Å²) < 4.78 is 1.12. The molecule has 0 aromatic carbocycles. The molecule has 2 N–H and O–H groups in total. The quantitative estimate of drug-likeness (QED) is 0.181. The van der Waals surface area contributed by atoms with Crippen LogP contribution < -0.4 is 0 Å². The summed E-state index contributed by atoms with van der Waals surface area (Å²) in [7, 11) is 6.88. The van der Waals surface area contributed by atoms with Gasteiger partial charge < -0.3 is 14.7 Å². The first kappa shape index (κ1) is 28.8. The monoisotopic (exact) mass is 400 g/mol. The maximum absolute atomic E-state index is 9.55. The van der Waals surface area contributed by atoms with Crippen LogP contribution in [0.3, 0.4) is 0 Å². The van der Waals surface area contributed by atoms with Gasteiger partial charge in [-0.3, -0.25) is 0 Å². The Balaban J connectivity index is 0. The molecule has 5 heteroatoms. The number of carboxylic acids is 2. The maximum Gasteiger partial charge on any atom is 0.328 e. The number of unbranched alkanes of at least 4 members (excludes halogenated alkanes) is 13. The maximum atomic E-state index is 9.55. The SMILES string of the molecule is CCCCCCCCCCCCCCCC[N+](C)(C)C.O=C(O)/C=C\C(=O)O. The van der Waals surface area contributed by atoms with E-state index in [0.717, 1.165) is 4.48 Å². The van der Waals surface area contributed by atoms with Crippen molar-refractivity contribution in [2.24, 2.45) is 0 Å². The number of carbonyl (C=O) groups is 2. The van der Waals surface area contributed by atoms with Gasteiger partial charge in [0.1, 0.15) is 0 Å². The lowest BCUT2D eigenvalue weighted by atomic mass is 10.0. The second-order valence-corrected chi connectivity index (χ2v) is 8.62. The Morgan fingerprint density at radius 3 is 1.14 bits per heavy atom. The molecular weight excluding hydrogens is 354 g/mol. The standard InChI is InChI=1S/C19H42N.C4H4O4/c1-5-6-7-8-9-10-11-12-13-14-15-16-17-18-19-20(2,3)4;5-3(6)1-2-4(7)8/h5-19H2,1-4H3;1-2H,(H,5,6)(H,7,8)/q+1;/b;2-1-. The van der Waals surface area contributed by atoms with Gasteiger partial charge in [0.05, 0.1) is 27.7 Å². The van der Waals surface area contributed by atoms with Crippen molar-refractivity contribution in [3.63, 3.8) is 0 Å². The van der Waals surface area contributed by atoms with Crippen LogP contribution in [0, 0.1) is 0 Å². The zero-order chi connectivity index (χ0) is 21.7. The van der Waals surface area contributed by atoms with Gasteiger partial charge in [0, 0.05) is 12.2 Å². The van der Waals surface area contributed by atoms with E-state index >= 15 is 0 Å². The van der Waals surface area contributed by atoms with Crippen molar-refractivity contribution in [1.82, 2.24) is 0 Å². The third-order valence-corrected chi connectivity index (χ3v) is 4.55. The Morgan fingerprint density at radius 2 is 0.893 bits per heavy atom. The molecule has 0 aliphatic heterocycles. The van der Waals surface area contributed by atoms with Gasteiger partial charge in [-0.2, -0.15) is 0 Å². The van der Waals surface area contributed by atoms with Crippen LogP contribution in [0.4, 0.5) is 0 Å². The van der Waals surface area contributed by atoms with E-state index in [9.17, 15) is 9.59 Å². The van der Waals surface area contributed by atoms with Crippen LogP contribution in [0.15, 0.2) is 12.2 Å². The number of rotatable bonds is 17. The Hall–Kier alpha value is -1.36. The molecular formula is C23H46NO4+. The molecule has 0 radical (unpaired) electrons. The number of carboxylic acid groups (broad SMARTS) is 2. The van der Waals surface area contributed by atoms with Gasteiger partial charge in [0.25, 0.3) is 0 Å². The molecule has 0 fully saturated rings. The molecule has 28 heavy (non-hydrogen) atoms. The van der Waals surface area contributed by atoms with Crippen LogP contribution in [0.2, 0.25) is 0 Å². The fourth-order valence-corrected chi connectivity index (χ4v) is 2.92. The zero-order valence-corrected chi connectivity index (χ0v) is 18.9. The highest BCUT2D eigenvalue weighted by molar-refractivity contribution is 5.89. The average molecular weight is 401 g/mol. The average Bonchev–Trinajstić information content (AvgIpc) is 2.60. The van der Waals surface area contributed by atoms with Gasteiger partial charge in [-0.1, -0.05) is 84.0 Å². The lowest BCUT2D eigenvalue weighted by Gasteiger charge is -2.23. The topological polar surface area (TPSA) is 74.6 Å². The molecule has 0 heterocycles. The fourth-order valence-electron chi connectivity index (χ4n) is 2.92. The molecule has 5 nitrogen and oxygen atoms in total. The number of hydrogen-bond donors (Lipinski definition) is 2. The van der Waals surface area contributed by atoms with Gasteiger partial charge >= 0.3 is 11.9 Å². The lowest BCUT2D eigenvalue weighted by Crippen LogP contribution is -2.35. The summed E-state index contributed by atoms with van der Waals surface area (Å²) in [4.78, 5) is 19.1. The summed E-state index contributed by atoms with van der Waals surface area (Å²) >= 11 is 0. The van der Waals surface area contributed by atoms with E-state index in [0.29, 0.717) is 12.2 Å². The van der Waals surface area contributed by atoms with Crippen molar-refractivity contribution in [2.75, 3.05) is 27.7 Å². The van der Waals surface area contributed by atoms with Crippen molar-refractivity contribution in [3.8, 4) is 0 Å². The third kappa shape index (κ3) is 32.3. The van der Waals surface area contributed by atoms with Crippen molar-refractivity contribution in [1.29, 1.82) is 0 Å². The van der Waals surface area contributed by atoms with Crippen molar-refractivity contribution < 1.29 is 24.3 Å². The van der Waals surface area contributed by atoms with Gasteiger partial charge in [-0.25, -0.2) is 9.59 Å². The van der Waals surface area contributed by atoms with Gasteiger partial charge in [0.2, 0.25) is 0 Å². The number of hydrogen-bond acceptors (Lipinski definition) is 2. The molecule has 0 atom stereocenters. The Morgan fingerprint density at radius 1 is 0.607 bits per heavy atom. The van der Waals surface area contributed by atoms with E-state index < -0.39 is 11.9 Å². The minimum atomic E-state index is -1.26. The largest absolute Gasteiger partial charge is 0.478 e. The summed E-state index contributed by atoms with van der Waals surface area (Å²) in [6.07, 6.45) is 21.5. The van der Waals surface area contributed by atoms with Gasteiger partial charge in [-0.05, 0) is 12.8 Å². The molecule has 0 saturated carbocycles. The number of aliphatic carboxylic acids is 2. The smallest absolute Gasteiger partial charge is 0.328 e. The van der Waals surface area contributed by atoms with Crippen molar-refractivity contribution >= 4 is 11.9 Å². The normalized spacial score (nSPS) is 11.3. The molecule has 0 aromatic rings. The van der Waals surface area contributed by atoms with Crippen LogP contribution in [-0.2, 0) is 9.59 Å². The van der Waals surface area contributed by atoms with E-state index in [-0.39, 0.29) is 0 Å². The van der Waals surface area contributed by atoms with Crippen LogP contribution in [0.25, 0.3) is 0 Å². The molecule has 0 unspecified atom stereocenters. The fraction of sp³-hybridized carbons (Fsp3) is 0.826.